The fraction of sp³-hybridized carbons (Fsp3) is 0.346. The minimum Gasteiger partial charge on any atom is -0.396 e. The zero-order valence-corrected chi connectivity index (χ0v) is 21.0. The van der Waals surface area contributed by atoms with Gasteiger partial charge in [-0.2, -0.15) is 5.10 Å². The maximum absolute atomic E-state index is 13.7. The van der Waals surface area contributed by atoms with Crippen molar-refractivity contribution in [3.8, 4) is 5.69 Å². The number of aromatic amines is 1. The summed E-state index contributed by atoms with van der Waals surface area (Å²) in [7, 11) is 0. The number of imidazole rings is 1. The van der Waals surface area contributed by atoms with Gasteiger partial charge in [-0.25, -0.2) is 19.5 Å². The van der Waals surface area contributed by atoms with Crippen LogP contribution < -0.4 is 10.5 Å². The molecule has 0 aliphatic carbocycles. The summed E-state index contributed by atoms with van der Waals surface area (Å²) in [6, 6.07) is 11.0. The highest BCUT2D eigenvalue weighted by atomic mass is 35.5. The van der Waals surface area contributed by atoms with Gasteiger partial charge in [0.15, 0.2) is 17.3 Å². The number of aromatic nitrogens is 7. The van der Waals surface area contributed by atoms with Gasteiger partial charge in [0, 0.05) is 25.8 Å². The van der Waals surface area contributed by atoms with Crippen molar-refractivity contribution in [2.45, 2.75) is 44.6 Å². The fourth-order valence-corrected chi connectivity index (χ4v) is 5.15. The number of H-pyrrole nitrogens is 1. The number of hydrogen-bond donors (Lipinski definition) is 2. The Morgan fingerprint density at radius 2 is 1.92 bits per heavy atom. The van der Waals surface area contributed by atoms with Crippen LogP contribution in [0, 0.1) is 0 Å². The molecule has 1 aromatic carbocycles. The van der Waals surface area contributed by atoms with Crippen molar-refractivity contribution in [3.63, 3.8) is 0 Å². The van der Waals surface area contributed by atoms with Crippen LogP contribution in [-0.2, 0) is 6.42 Å². The first-order chi connectivity index (χ1) is 18.2. The maximum Gasteiger partial charge on any atom is 0.284 e. The third kappa shape index (κ3) is 4.25. The van der Waals surface area contributed by atoms with Crippen LogP contribution in [0.4, 0.5) is 5.82 Å². The van der Waals surface area contributed by atoms with E-state index in [1.807, 2.05) is 30.3 Å². The van der Waals surface area contributed by atoms with Gasteiger partial charge in [-0.05, 0) is 37.5 Å². The number of fused-ring (bicyclic) bond motifs is 2. The highest BCUT2D eigenvalue weighted by molar-refractivity contribution is 6.33. The predicted octanol–water partition coefficient (Wildman–Crippen LogP) is 3.85. The zero-order valence-electron chi connectivity index (χ0n) is 20.2. The average Bonchev–Trinajstić information content (AvgIpc) is 3.51. The van der Waals surface area contributed by atoms with Gasteiger partial charge >= 0.3 is 0 Å². The van der Waals surface area contributed by atoms with E-state index in [2.05, 4.69) is 19.9 Å². The van der Waals surface area contributed by atoms with E-state index in [1.54, 1.807) is 27.7 Å². The number of unbranched alkanes of at least 4 members (excludes halogenated alkanes) is 3. The van der Waals surface area contributed by atoms with Crippen molar-refractivity contribution in [1.29, 1.82) is 0 Å². The fourth-order valence-electron chi connectivity index (χ4n) is 4.93. The lowest BCUT2D eigenvalue weighted by Crippen LogP contribution is -2.45. The monoisotopic (exact) mass is 518 g/mol. The molecular weight excluding hydrogens is 492 g/mol. The minimum absolute atomic E-state index is 0.169. The van der Waals surface area contributed by atoms with Gasteiger partial charge in [0.25, 0.3) is 5.56 Å². The summed E-state index contributed by atoms with van der Waals surface area (Å²) < 4.78 is 3.23. The molecule has 11 heteroatoms. The number of benzene rings is 1. The van der Waals surface area contributed by atoms with Crippen LogP contribution in [0.2, 0.25) is 5.02 Å². The Kier molecular flexibility index (Phi) is 6.35. The van der Waals surface area contributed by atoms with Gasteiger partial charge in [-0.15, -0.1) is 0 Å². The lowest BCUT2D eigenvalue weighted by atomic mass is 10.0. The molecule has 0 spiro atoms. The van der Waals surface area contributed by atoms with E-state index in [0.717, 1.165) is 67.9 Å². The highest BCUT2D eigenvalue weighted by Gasteiger charge is 2.37. The zero-order chi connectivity index (χ0) is 25.4. The topological polar surface area (TPSA) is 117 Å². The first kappa shape index (κ1) is 23.6. The van der Waals surface area contributed by atoms with E-state index in [-0.39, 0.29) is 18.2 Å². The van der Waals surface area contributed by atoms with Crippen molar-refractivity contribution in [3.05, 3.63) is 75.9 Å². The van der Waals surface area contributed by atoms with E-state index >= 15 is 0 Å². The lowest BCUT2D eigenvalue weighted by Gasteiger charge is -2.42. The number of hydrogen-bond acceptors (Lipinski definition) is 7. The summed E-state index contributed by atoms with van der Waals surface area (Å²) in [6.07, 6.45) is 8.65. The Labute approximate surface area is 217 Å². The number of aliphatic hydroxyl groups is 1. The molecule has 2 N–H and O–H groups in total. The molecule has 10 nitrogen and oxygen atoms in total. The molecule has 190 valence electrons. The van der Waals surface area contributed by atoms with Crippen LogP contribution in [0.15, 0.2) is 53.7 Å². The largest absolute Gasteiger partial charge is 0.396 e. The molecular formula is C26H27ClN8O2. The maximum atomic E-state index is 13.7. The standard InChI is InChI=1S/C26H27ClN8O2/c27-18-11-14-34-22(18)26(37)35(17-8-4-3-5-9-17)24(32-34)19-12-13-33(19)25-21-23(29-16-28-21)30-20(31-25)10-6-1-2-7-15-36/h3-5,8-9,11,14,16,19,36H,1-2,6-7,10,12-13,15H2,(H,28,29,30,31). The molecule has 1 unspecified atom stereocenters. The van der Waals surface area contributed by atoms with Crippen LogP contribution in [0.3, 0.4) is 0 Å². The number of aryl methyl sites for hydroxylation is 1. The predicted molar refractivity (Wildman–Crippen MR) is 141 cm³/mol. The Bertz CT molecular complexity index is 1610. The molecule has 0 amide bonds. The number of halogens is 1. The number of rotatable bonds is 9. The van der Waals surface area contributed by atoms with E-state index in [1.165, 1.54) is 0 Å². The summed E-state index contributed by atoms with van der Waals surface area (Å²) in [5, 5.41) is 14.3. The molecule has 1 atom stereocenters. The van der Waals surface area contributed by atoms with Gasteiger partial charge in [-0.3, -0.25) is 9.36 Å². The molecule has 1 aliphatic heterocycles. The first-order valence-corrected chi connectivity index (χ1v) is 13.0. The van der Waals surface area contributed by atoms with E-state index in [4.69, 9.17) is 26.8 Å². The van der Waals surface area contributed by atoms with Crippen LogP contribution in [0.1, 0.15) is 49.8 Å². The Morgan fingerprint density at radius 3 is 2.70 bits per heavy atom. The second-order valence-corrected chi connectivity index (χ2v) is 9.65. The third-order valence-corrected chi connectivity index (χ3v) is 7.19. The SMILES string of the molecule is O=c1c2c(Cl)ccn2nc(C2CCN2c2nc(CCCCCCO)nc3nc[nH]c23)n1-c1ccccc1. The van der Waals surface area contributed by atoms with Crippen LogP contribution in [-0.4, -0.2) is 52.4 Å². The van der Waals surface area contributed by atoms with E-state index in [9.17, 15) is 4.79 Å². The summed E-state index contributed by atoms with van der Waals surface area (Å²) in [5.74, 6) is 2.13. The normalized spacial score (nSPS) is 15.5. The molecule has 1 aliphatic rings. The van der Waals surface area contributed by atoms with Crippen molar-refractivity contribution < 1.29 is 5.11 Å². The minimum atomic E-state index is -0.212. The third-order valence-electron chi connectivity index (χ3n) is 6.89. The highest BCUT2D eigenvalue weighted by Crippen LogP contribution is 2.38. The van der Waals surface area contributed by atoms with Gasteiger partial charge in [0.05, 0.1) is 23.1 Å². The number of nitrogens with zero attached hydrogens (tertiary/aromatic N) is 7. The molecule has 6 rings (SSSR count). The lowest BCUT2D eigenvalue weighted by molar-refractivity contribution is 0.282. The Balaban J connectivity index is 1.41. The van der Waals surface area contributed by atoms with E-state index < -0.39 is 0 Å². The summed E-state index contributed by atoms with van der Waals surface area (Å²) in [4.78, 5) is 33.0. The van der Waals surface area contributed by atoms with Gasteiger partial charge < -0.3 is 15.0 Å². The van der Waals surface area contributed by atoms with Crippen LogP contribution in [0.5, 0.6) is 0 Å². The number of aliphatic hydroxyl groups excluding tert-OH is 1. The number of anilines is 1. The van der Waals surface area contributed by atoms with Gasteiger partial charge in [0.2, 0.25) is 0 Å². The molecule has 1 fully saturated rings. The molecule has 37 heavy (non-hydrogen) atoms. The quantitative estimate of drug-likeness (QED) is 0.284. The molecule has 4 aromatic heterocycles. The summed E-state index contributed by atoms with van der Waals surface area (Å²) in [5.41, 5.74) is 2.27. The average molecular weight is 519 g/mol. The van der Waals surface area contributed by atoms with Crippen molar-refractivity contribution in [1.82, 2.24) is 34.1 Å². The number of nitrogens with one attached hydrogen (secondary N) is 1. The molecule has 0 saturated carbocycles. The molecule has 5 heterocycles. The van der Waals surface area contributed by atoms with Crippen molar-refractivity contribution >= 4 is 34.1 Å². The number of para-hydroxylation sites is 1. The first-order valence-electron chi connectivity index (χ1n) is 12.6. The summed E-state index contributed by atoms with van der Waals surface area (Å²) >= 11 is 6.36. The molecule has 0 radical (unpaired) electrons. The second kappa shape index (κ2) is 9.95. The van der Waals surface area contributed by atoms with Gasteiger partial charge in [-0.1, -0.05) is 42.6 Å². The van der Waals surface area contributed by atoms with Crippen molar-refractivity contribution in [2.24, 2.45) is 0 Å². The van der Waals surface area contributed by atoms with E-state index in [0.29, 0.717) is 22.0 Å². The molecule has 1 saturated heterocycles. The Morgan fingerprint density at radius 1 is 1.08 bits per heavy atom. The van der Waals surface area contributed by atoms with Gasteiger partial charge in [0.1, 0.15) is 16.9 Å². The van der Waals surface area contributed by atoms with Crippen LogP contribution >= 0.6 is 11.6 Å². The smallest absolute Gasteiger partial charge is 0.284 e. The second-order valence-electron chi connectivity index (χ2n) is 9.24. The molecule has 5 aromatic rings. The molecule has 0 bridgehead atoms. The van der Waals surface area contributed by atoms with Crippen molar-refractivity contribution in [2.75, 3.05) is 18.1 Å². The van der Waals surface area contributed by atoms with Crippen LogP contribution in [0.25, 0.3) is 22.4 Å². The summed E-state index contributed by atoms with van der Waals surface area (Å²) in [6.45, 7) is 0.986. The Hall–Kier alpha value is -3.76.